The first-order valence-corrected chi connectivity index (χ1v) is 6.30. The summed E-state index contributed by atoms with van der Waals surface area (Å²) in [6.07, 6.45) is 2.33. The van der Waals surface area contributed by atoms with Crippen molar-refractivity contribution in [1.82, 2.24) is 10.6 Å². The molecule has 0 radical (unpaired) electrons. The average molecular weight is 220 g/mol. The number of rotatable bonds is 8. The monoisotopic (exact) mass is 220 g/mol. The fourth-order valence-electron chi connectivity index (χ4n) is 1.70. The van der Waals surface area contributed by atoms with Gasteiger partial charge in [-0.1, -0.05) is 36.8 Å². The lowest BCUT2D eigenvalue weighted by atomic mass is 10.1. The molecule has 0 saturated carbocycles. The molecule has 0 amide bonds. The molecule has 0 saturated heterocycles. The number of hydrogen-bond acceptors (Lipinski definition) is 2. The summed E-state index contributed by atoms with van der Waals surface area (Å²) in [6, 6.07) is 8.74. The highest BCUT2D eigenvalue weighted by molar-refractivity contribution is 5.22. The Hall–Kier alpha value is -0.860. The first kappa shape index (κ1) is 13.2. The van der Waals surface area contributed by atoms with Crippen molar-refractivity contribution >= 4 is 0 Å². The van der Waals surface area contributed by atoms with Gasteiger partial charge in [-0.25, -0.2) is 0 Å². The van der Waals surface area contributed by atoms with E-state index in [4.69, 9.17) is 0 Å². The number of benzene rings is 1. The molecule has 90 valence electrons. The maximum absolute atomic E-state index is 3.45. The summed E-state index contributed by atoms with van der Waals surface area (Å²) in [6.45, 7) is 8.66. The first-order chi connectivity index (χ1) is 7.83. The van der Waals surface area contributed by atoms with Crippen LogP contribution in [-0.2, 0) is 6.42 Å². The highest BCUT2D eigenvalue weighted by atomic mass is 14.9. The van der Waals surface area contributed by atoms with Gasteiger partial charge >= 0.3 is 0 Å². The minimum atomic E-state index is 1.06. The molecule has 0 aliphatic carbocycles. The van der Waals surface area contributed by atoms with Crippen molar-refractivity contribution < 1.29 is 0 Å². The van der Waals surface area contributed by atoms with Crippen LogP contribution in [0, 0.1) is 6.92 Å². The molecule has 1 rings (SSSR count). The molecule has 2 N–H and O–H groups in total. The van der Waals surface area contributed by atoms with Gasteiger partial charge in [0.15, 0.2) is 0 Å². The van der Waals surface area contributed by atoms with Crippen LogP contribution in [-0.4, -0.2) is 26.2 Å². The zero-order chi connectivity index (χ0) is 11.6. The van der Waals surface area contributed by atoms with E-state index in [0.717, 1.165) is 32.6 Å². The van der Waals surface area contributed by atoms with E-state index >= 15 is 0 Å². The quantitative estimate of drug-likeness (QED) is 0.656. The summed E-state index contributed by atoms with van der Waals surface area (Å²) in [4.78, 5) is 0. The van der Waals surface area contributed by atoms with Crippen molar-refractivity contribution in [2.45, 2.75) is 26.7 Å². The van der Waals surface area contributed by atoms with Crippen molar-refractivity contribution in [3.8, 4) is 0 Å². The van der Waals surface area contributed by atoms with E-state index in [1.807, 2.05) is 0 Å². The highest BCUT2D eigenvalue weighted by Crippen LogP contribution is 2.03. The predicted octanol–water partition coefficient (Wildman–Crippen LogP) is 2.13. The molecule has 0 fully saturated rings. The molecule has 2 heteroatoms. The van der Waals surface area contributed by atoms with E-state index in [2.05, 4.69) is 48.7 Å². The Bertz CT molecular complexity index is 284. The summed E-state index contributed by atoms with van der Waals surface area (Å²) in [7, 11) is 0. The van der Waals surface area contributed by atoms with E-state index in [9.17, 15) is 0 Å². The van der Waals surface area contributed by atoms with Crippen LogP contribution in [0.3, 0.4) is 0 Å². The van der Waals surface area contributed by atoms with Crippen LogP contribution in [0.1, 0.15) is 24.5 Å². The molecule has 0 aliphatic heterocycles. The van der Waals surface area contributed by atoms with Gasteiger partial charge in [0, 0.05) is 13.1 Å². The van der Waals surface area contributed by atoms with Gasteiger partial charge in [-0.15, -0.1) is 0 Å². The maximum Gasteiger partial charge on any atom is 0.00768 e. The molecule has 0 aromatic heterocycles. The maximum atomic E-state index is 3.45. The van der Waals surface area contributed by atoms with Gasteiger partial charge in [0.1, 0.15) is 0 Å². The van der Waals surface area contributed by atoms with E-state index in [1.165, 1.54) is 17.5 Å². The predicted molar refractivity (Wildman–Crippen MR) is 70.9 cm³/mol. The Morgan fingerprint density at radius 2 is 1.75 bits per heavy atom. The van der Waals surface area contributed by atoms with Crippen LogP contribution < -0.4 is 10.6 Å². The molecule has 1 aromatic carbocycles. The van der Waals surface area contributed by atoms with E-state index in [-0.39, 0.29) is 0 Å². The van der Waals surface area contributed by atoms with Crippen LogP contribution >= 0.6 is 0 Å². The first-order valence-electron chi connectivity index (χ1n) is 6.30. The second-order valence-electron chi connectivity index (χ2n) is 4.24. The molecule has 1 aromatic rings. The Balaban J connectivity index is 2.03. The topological polar surface area (TPSA) is 24.1 Å². The van der Waals surface area contributed by atoms with Crippen molar-refractivity contribution in [3.05, 3.63) is 35.4 Å². The van der Waals surface area contributed by atoms with Gasteiger partial charge in [-0.2, -0.15) is 0 Å². The van der Waals surface area contributed by atoms with Crippen LogP contribution in [0.25, 0.3) is 0 Å². The van der Waals surface area contributed by atoms with E-state index in [0.29, 0.717) is 0 Å². The van der Waals surface area contributed by atoms with Crippen LogP contribution in [0.2, 0.25) is 0 Å². The van der Waals surface area contributed by atoms with Gasteiger partial charge < -0.3 is 10.6 Å². The van der Waals surface area contributed by atoms with E-state index < -0.39 is 0 Å². The third-order valence-corrected chi connectivity index (χ3v) is 2.58. The zero-order valence-electron chi connectivity index (χ0n) is 10.6. The van der Waals surface area contributed by atoms with Crippen molar-refractivity contribution in [2.75, 3.05) is 26.2 Å². The number of nitrogens with one attached hydrogen (secondary N) is 2. The minimum Gasteiger partial charge on any atom is -0.315 e. The van der Waals surface area contributed by atoms with Crippen LogP contribution in [0.5, 0.6) is 0 Å². The lowest BCUT2D eigenvalue weighted by molar-refractivity contribution is 0.607. The molecule has 2 nitrogen and oxygen atoms in total. The van der Waals surface area contributed by atoms with Gasteiger partial charge in [0.25, 0.3) is 0 Å². The normalized spacial score (nSPS) is 10.6. The molecular weight excluding hydrogens is 196 g/mol. The molecule has 0 atom stereocenters. The van der Waals surface area contributed by atoms with Gasteiger partial charge in [0.2, 0.25) is 0 Å². The molecule has 0 aliphatic rings. The van der Waals surface area contributed by atoms with Gasteiger partial charge in [0.05, 0.1) is 0 Å². The minimum absolute atomic E-state index is 1.06. The number of hydrogen-bond donors (Lipinski definition) is 2. The lowest BCUT2D eigenvalue weighted by Gasteiger charge is -2.06. The molecular formula is C14H24N2. The summed E-state index contributed by atoms with van der Waals surface area (Å²) >= 11 is 0. The summed E-state index contributed by atoms with van der Waals surface area (Å²) < 4.78 is 0. The number of aryl methyl sites for hydroxylation is 1. The zero-order valence-corrected chi connectivity index (χ0v) is 10.6. The van der Waals surface area contributed by atoms with Gasteiger partial charge in [-0.05, 0) is 38.4 Å². The van der Waals surface area contributed by atoms with Crippen molar-refractivity contribution in [2.24, 2.45) is 0 Å². The average Bonchev–Trinajstić information content (AvgIpc) is 2.28. The smallest absolute Gasteiger partial charge is 0.00768 e. The van der Waals surface area contributed by atoms with Crippen molar-refractivity contribution in [1.29, 1.82) is 0 Å². The molecule has 0 spiro atoms. The second-order valence-corrected chi connectivity index (χ2v) is 4.24. The fourth-order valence-corrected chi connectivity index (χ4v) is 1.70. The molecule has 16 heavy (non-hydrogen) atoms. The Labute approximate surface area is 99.5 Å². The van der Waals surface area contributed by atoms with Crippen molar-refractivity contribution in [3.63, 3.8) is 0 Å². The van der Waals surface area contributed by atoms with Gasteiger partial charge in [-0.3, -0.25) is 0 Å². The summed E-state index contributed by atoms with van der Waals surface area (Å²) in [5.41, 5.74) is 2.77. The summed E-state index contributed by atoms with van der Waals surface area (Å²) in [5.74, 6) is 0. The summed E-state index contributed by atoms with van der Waals surface area (Å²) in [5, 5.41) is 6.83. The largest absolute Gasteiger partial charge is 0.315 e. The molecule has 0 heterocycles. The standard InChI is InChI=1S/C14H24N2/c1-3-8-15-10-11-16-9-7-14-6-4-5-13(2)12-14/h4-6,12,15-16H,3,7-11H2,1-2H3. The Kier molecular flexibility index (Phi) is 6.86. The highest BCUT2D eigenvalue weighted by Gasteiger charge is 1.93. The third kappa shape index (κ3) is 5.89. The van der Waals surface area contributed by atoms with Crippen LogP contribution in [0.4, 0.5) is 0 Å². The SMILES string of the molecule is CCCNCCNCCc1cccc(C)c1. The third-order valence-electron chi connectivity index (χ3n) is 2.58. The second kappa shape index (κ2) is 8.31. The molecule has 0 bridgehead atoms. The lowest BCUT2D eigenvalue weighted by Crippen LogP contribution is -2.29. The van der Waals surface area contributed by atoms with E-state index in [1.54, 1.807) is 0 Å². The fraction of sp³-hybridized carbons (Fsp3) is 0.571. The Morgan fingerprint density at radius 3 is 2.44 bits per heavy atom. The molecule has 0 unspecified atom stereocenters. The van der Waals surface area contributed by atoms with Crippen LogP contribution in [0.15, 0.2) is 24.3 Å². The Morgan fingerprint density at radius 1 is 1.00 bits per heavy atom.